The highest BCUT2D eigenvalue weighted by molar-refractivity contribution is 7.87. The number of rotatable bonds is 8. The van der Waals surface area contributed by atoms with E-state index in [1.807, 2.05) is 6.92 Å². The minimum atomic E-state index is -5.78. The monoisotopic (exact) mass is 586 g/mol. The van der Waals surface area contributed by atoms with Crippen molar-refractivity contribution in [1.29, 1.82) is 0 Å². The van der Waals surface area contributed by atoms with Crippen LogP contribution in [0.25, 0.3) is 0 Å². The third-order valence-electron chi connectivity index (χ3n) is 9.78. The van der Waals surface area contributed by atoms with Crippen LogP contribution in [0.4, 0.5) is 13.2 Å². The van der Waals surface area contributed by atoms with Gasteiger partial charge in [-0.3, -0.25) is 0 Å². The van der Waals surface area contributed by atoms with Gasteiger partial charge >= 0.3 is 15.6 Å². The molecule has 0 amide bonds. The van der Waals surface area contributed by atoms with Gasteiger partial charge in [0.25, 0.3) is 0 Å². The molecular weight excluding hydrogens is 538 g/mol. The lowest BCUT2D eigenvalue weighted by Gasteiger charge is -2.49. The first-order valence-electron chi connectivity index (χ1n) is 13.3. The Hall–Kier alpha value is -0.366. The fourth-order valence-electron chi connectivity index (χ4n) is 5.30. The first kappa shape index (κ1) is 32.8. The van der Waals surface area contributed by atoms with Crippen LogP contribution in [0.15, 0.2) is 11.8 Å². The lowest BCUT2D eigenvalue weighted by Crippen LogP contribution is -2.51. The van der Waals surface area contributed by atoms with Crippen molar-refractivity contribution in [3.63, 3.8) is 0 Å². The van der Waals surface area contributed by atoms with Gasteiger partial charge in [0.05, 0.1) is 6.10 Å². The number of hydrogen-bond acceptors (Lipinski definition) is 5. The van der Waals surface area contributed by atoms with E-state index in [1.54, 1.807) is 0 Å². The summed E-state index contributed by atoms with van der Waals surface area (Å²) in [5, 5.41) is -0.0114. The van der Waals surface area contributed by atoms with Crippen molar-refractivity contribution in [3.05, 3.63) is 11.8 Å². The van der Waals surface area contributed by atoms with E-state index in [2.05, 4.69) is 74.7 Å². The average Bonchev–Trinajstić information content (AvgIpc) is 3.04. The summed E-state index contributed by atoms with van der Waals surface area (Å²) in [7, 11) is -10.0. The van der Waals surface area contributed by atoms with E-state index in [4.69, 9.17) is 13.0 Å². The van der Waals surface area contributed by atoms with Crippen LogP contribution in [0.1, 0.15) is 74.7 Å². The van der Waals surface area contributed by atoms with Crippen LogP contribution in [0, 0.1) is 23.2 Å². The van der Waals surface area contributed by atoms with Gasteiger partial charge in [-0.15, -0.1) is 0 Å². The highest BCUT2D eigenvalue weighted by Gasteiger charge is 2.60. The number of hydrogen-bond donors (Lipinski definition) is 0. The second kappa shape index (κ2) is 10.2. The van der Waals surface area contributed by atoms with Crippen molar-refractivity contribution in [2.24, 2.45) is 23.2 Å². The van der Waals surface area contributed by atoms with E-state index in [-0.39, 0.29) is 39.7 Å². The molecule has 2 aliphatic carbocycles. The van der Waals surface area contributed by atoms with Crippen LogP contribution >= 0.6 is 0 Å². The van der Waals surface area contributed by atoms with Crippen LogP contribution in [0.2, 0.25) is 36.3 Å². The highest BCUT2D eigenvalue weighted by Crippen LogP contribution is 2.61. The normalized spacial score (nSPS) is 29.1. The number of fused-ring (bicyclic) bond motifs is 1. The zero-order valence-corrected chi connectivity index (χ0v) is 27.6. The fraction of sp³-hybridized carbons (Fsp3) is 0.923. The molecular formula is C26H49F3O5SSi2. The molecule has 11 heteroatoms. The zero-order chi connectivity index (χ0) is 29.0. The lowest BCUT2D eigenvalue weighted by atomic mass is 9.64. The molecule has 0 aromatic heterocycles. The molecule has 218 valence electrons. The van der Waals surface area contributed by atoms with Crippen molar-refractivity contribution >= 4 is 26.8 Å². The van der Waals surface area contributed by atoms with Crippen LogP contribution < -0.4 is 0 Å². The Morgan fingerprint density at radius 1 is 1.00 bits per heavy atom. The predicted octanol–water partition coefficient (Wildman–Crippen LogP) is 8.22. The Labute approximate surface area is 225 Å². The van der Waals surface area contributed by atoms with E-state index in [1.165, 1.54) is 6.08 Å². The van der Waals surface area contributed by atoms with Gasteiger partial charge in [0, 0.05) is 12.0 Å². The zero-order valence-electron chi connectivity index (χ0n) is 24.8. The van der Waals surface area contributed by atoms with Crippen LogP contribution in [0.5, 0.6) is 0 Å². The molecule has 0 N–H and O–H groups in total. The van der Waals surface area contributed by atoms with Crippen molar-refractivity contribution < 1.29 is 34.6 Å². The van der Waals surface area contributed by atoms with Crippen molar-refractivity contribution in [2.75, 3.05) is 6.61 Å². The Morgan fingerprint density at radius 2 is 1.51 bits per heavy atom. The van der Waals surface area contributed by atoms with E-state index < -0.39 is 37.7 Å². The minimum Gasteiger partial charge on any atom is -0.417 e. The van der Waals surface area contributed by atoms with Crippen LogP contribution in [0.3, 0.4) is 0 Å². The number of halogens is 3. The Balaban J connectivity index is 2.46. The van der Waals surface area contributed by atoms with E-state index in [0.29, 0.717) is 13.0 Å². The van der Waals surface area contributed by atoms with Crippen molar-refractivity contribution in [2.45, 2.75) is 123 Å². The Morgan fingerprint density at radius 3 is 1.97 bits per heavy atom. The number of alkyl halides is 3. The quantitative estimate of drug-likeness (QED) is 0.163. The van der Waals surface area contributed by atoms with Crippen LogP contribution in [-0.2, 0) is 23.2 Å². The summed E-state index contributed by atoms with van der Waals surface area (Å²) in [5.41, 5.74) is -6.40. The van der Waals surface area contributed by atoms with E-state index in [0.717, 1.165) is 12.8 Å². The molecule has 2 aliphatic rings. The minimum absolute atomic E-state index is 0.00339. The first-order chi connectivity index (χ1) is 16.3. The maximum absolute atomic E-state index is 13.3. The standard InChI is InChI=1S/C26H49F3O5SSi2/c1-18(17-32-36(9,10)23(2,3)4)19-13-14-20-21(34-37(11,12)24(5,6)7)15-16-22(25(19,20)8)33-35(30,31)26(27,28)29/h16,18-21H,13-15,17H2,1-12H3/t18-,19-,20+,21+,25-/m1/s1. The number of allylic oxidation sites excluding steroid dienone is 1. The van der Waals surface area contributed by atoms with Gasteiger partial charge in [-0.25, -0.2) is 0 Å². The molecule has 0 heterocycles. The molecule has 5 nitrogen and oxygen atoms in total. The predicted molar refractivity (Wildman–Crippen MR) is 147 cm³/mol. The lowest BCUT2D eigenvalue weighted by molar-refractivity contribution is -0.0567. The first-order valence-corrected chi connectivity index (χ1v) is 20.5. The van der Waals surface area contributed by atoms with E-state index >= 15 is 0 Å². The third kappa shape index (κ3) is 6.52. The molecule has 2 rings (SSSR count). The summed E-state index contributed by atoms with van der Waals surface area (Å²) in [5.74, 6) is -0.351. The average molecular weight is 587 g/mol. The largest absolute Gasteiger partial charge is 0.534 e. The molecule has 1 fully saturated rings. The van der Waals surface area contributed by atoms with Gasteiger partial charge in [-0.05, 0) is 79.4 Å². The summed E-state index contributed by atoms with van der Waals surface area (Å²) in [6.07, 6.45) is 3.14. The molecule has 37 heavy (non-hydrogen) atoms. The molecule has 0 saturated heterocycles. The van der Waals surface area contributed by atoms with E-state index in [9.17, 15) is 21.6 Å². The third-order valence-corrected chi connectivity index (χ3v) is 19.8. The van der Waals surface area contributed by atoms with Gasteiger partial charge in [-0.1, -0.05) is 55.4 Å². The maximum atomic E-state index is 13.3. The summed E-state index contributed by atoms with van der Waals surface area (Å²) >= 11 is 0. The Kier molecular flexibility index (Phi) is 9.08. The van der Waals surface area contributed by atoms with Crippen molar-refractivity contribution in [3.8, 4) is 0 Å². The van der Waals surface area contributed by atoms with Gasteiger partial charge < -0.3 is 13.0 Å². The fourth-order valence-corrected chi connectivity index (χ4v) is 8.36. The van der Waals surface area contributed by atoms with Crippen LogP contribution in [-0.4, -0.2) is 43.3 Å². The van der Waals surface area contributed by atoms with Gasteiger partial charge in [0.15, 0.2) is 16.6 Å². The van der Waals surface area contributed by atoms with Crippen molar-refractivity contribution in [1.82, 2.24) is 0 Å². The molecule has 0 aromatic carbocycles. The molecule has 1 saturated carbocycles. The maximum Gasteiger partial charge on any atom is 0.534 e. The molecule has 0 aliphatic heterocycles. The molecule has 0 unspecified atom stereocenters. The molecule has 0 spiro atoms. The summed E-state index contributed by atoms with van der Waals surface area (Å²) in [4.78, 5) is 0. The second-order valence-corrected chi connectivity index (χ2v) is 25.4. The van der Waals surface area contributed by atoms with Gasteiger partial charge in [0.1, 0.15) is 5.76 Å². The molecule has 0 bridgehead atoms. The topological polar surface area (TPSA) is 61.8 Å². The molecule has 0 aromatic rings. The molecule has 0 radical (unpaired) electrons. The smallest absolute Gasteiger partial charge is 0.417 e. The van der Waals surface area contributed by atoms with Gasteiger partial charge in [0.2, 0.25) is 0 Å². The second-order valence-electron chi connectivity index (χ2n) is 14.3. The Bertz CT molecular complexity index is 964. The summed E-state index contributed by atoms with van der Waals surface area (Å²) < 4.78 is 82.4. The summed E-state index contributed by atoms with van der Waals surface area (Å²) in [6.45, 7) is 26.0. The molecule has 5 atom stereocenters. The SMILES string of the molecule is C[C@H](CO[Si](C)(C)C(C)(C)C)[C@H]1CC[C@H]2[C@@H](O[Si](C)(C)C(C)(C)C)CC=C(OS(=O)(=O)C(F)(F)F)[C@]12C. The van der Waals surface area contributed by atoms with Gasteiger partial charge in [-0.2, -0.15) is 21.6 Å². The summed E-state index contributed by atoms with van der Waals surface area (Å²) in [6, 6.07) is 0. The highest BCUT2D eigenvalue weighted by atomic mass is 32.2.